The van der Waals surface area contributed by atoms with Crippen LogP contribution in [0.1, 0.15) is 60.2 Å². The Balaban J connectivity index is 1.35. The molecule has 0 aromatic carbocycles. The molecular weight excluding hydrogens is 480 g/mol. The second kappa shape index (κ2) is 11.0. The molecule has 0 saturated carbocycles. The molecule has 1 saturated heterocycles. The van der Waals surface area contributed by atoms with E-state index in [1.165, 1.54) is 11.5 Å². The zero-order chi connectivity index (χ0) is 25.7. The van der Waals surface area contributed by atoms with Crippen molar-refractivity contribution in [3.63, 3.8) is 0 Å². The summed E-state index contributed by atoms with van der Waals surface area (Å²) in [6, 6.07) is 3.45. The molecule has 3 aromatic rings. The van der Waals surface area contributed by atoms with Crippen molar-refractivity contribution in [2.45, 2.75) is 58.7 Å². The summed E-state index contributed by atoms with van der Waals surface area (Å²) in [5.41, 5.74) is 1.97. The zero-order valence-corrected chi connectivity index (χ0v) is 21.7. The minimum atomic E-state index is -0.541. The number of likely N-dealkylation sites (tertiary alicyclic amines) is 1. The Morgan fingerprint density at radius 3 is 2.72 bits per heavy atom. The minimum absolute atomic E-state index is 0.178. The highest BCUT2D eigenvalue weighted by atomic mass is 32.1. The van der Waals surface area contributed by atoms with E-state index < -0.39 is 5.60 Å². The molecule has 190 valence electrons. The first kappa shape index (κ1) is 25.5. The highest BCUT2D eigenvalue weighted by Crippen LogP contribution is 2.24. The standard InChI is InChI=1S/C25H30N6O4S/c1-16-22(20(36-30-16)12-18-13-26-9-10-27-18)23(32)29-17-7-8-21(28-14-17)34-19-6-5-11-31(15-19)24(33)35-25(2,3)4/h7-10,13-14,19H,5-6,11-12,15H2,1-4H3,(H,29,32). The number of nitrogens with one attached hydrogen (secondary N) is 1. The molecule has 3 aromatic heterocycles. The Morgan fingerprint density at radius 1 is 1.19 bits per heavy atom. The number of hydrogen-bond donors (Lipinski definition) is 1. The molecule has 2 amide bonds. The number of ether oxygens (including phenoxy) is 2. The number of aromatic nitrogens is 4. The molecule has 1 fully saturated rings. The number of pyridine rings is 1. The van der Waals surface area contributed by atoms with Gasteiger partial charge in [0.05, 0.1) is 35.4 Å². The third kappa shape index (κ3) is 6.75. The Kier molecular flexibility index (Phi) is 7.78. The highest BCUT2D eigenvalue weighted by molar-refractivity contribution is 7.06. The van der Waals surface area contributed by atoms with E-state index >= 15 is 0 Å². The lowest BCUT2D eigenvalue weighted by molar-refractivity contribution is 0.00722. The zero-order valence-electron chi connectivity index (χ0n) is 20.9. The van der Waals surface area contributed by atoms with Crippen molar-refractivity contribution in [1.82, 2.24) is 24.2 Å². The lowest BCUT2D eigenvalue weighted by atomic mass is 10.1. The van der Waals surface area contributed by atoms with Crippen LogP contribution < -0.4 is 10.1 Å². The molecule has 4 rings (SSSR count). The maximum atomic E-state index is 13.0. The van der Waals surface area contributed by atoms with Crippen molar-refractivity contribution in [3.05, 3.63) is 58.7 Å². The first-order valence-electron chi connectivity index (χ1n) is 11.8. The van der Waals surface area contributed by atoms with Gasteiger partial charge in [-0.3, -0.25) is 14.8 Å². The molecule has 10 nitrogen and oxygen atoms in total. The van der Waals surface area contributed by atoms with Gasteiger partial charge in [-0.1, -0.05) is 0 Å². The third-order valence-electron chi connectivity index (χ3n) is 5.43. The summed E-state index contributed by atoms with van der Waals surface area (Å²) in [6.45, 7) is 8.44. The van der Waals surface area contributed by atoms with Crippen molar-refractivity contribution in [2.75, 3.05) is 18.4 Å². The molecule has 0 spiro atoms. The normalized spacial score (nSPS) is 15.9. The van der Waals surface area contributed by atoms with E-state index in [-0.39, 0.29) is 18.1 Å². The fourth-order valence-corrected chi connectivity index (χ4v) is 4.71. The number of carbonyl (C=O) groups excluding carboxylic acids is 2. The quantitative estimate of drug-likeness (QED) is 0.522. The topological polar surface area (TPSA) is 119 Å². The molecule has 1 atom stereocenters. The Hall–Kier alpha value is -3.60. The molecule has 0 aliphatic carbocycles. The van der Waals surface area contributed by atoms with Crippen molar-refractivity contribution in [3.8, 4) is 5.88 Å². The van der Waals surface area contributed by atoms with Crippen LogP contribution in [0, 0.1) is 6.92 Å². The predicted octanol–water partition coefficient (Wildman–Crippen LogP) is 4.26. The average Bonchev–Trinajstić information content (AvgIpc) is 3.20. The first-order chi connectivity index (χ1) is 17.2. The van der Waals surface area contributed by atoms with E-state index in [2.05, 4.69) is 24.6 Å². The highest BCUT2D eigenvalue weighted by Gasteiger charge is 2.29. The average molecular weight is 511 g/mol. The first-order valence-corrected chi connectivity index (χ1v) is 12.6. The van der Waals surface area contributed by atoms with Gasteiger partial charge in [0.1, 0.15) is 11.7 Å². The van der Waals surface area contributed by atoms with Crippen molar-refractivity contribution in [2.24, 2.45) is 0 Å². The van der Waals surface area contributed by atoms with Crippen LogP contribution in [-0.4, -0.2) is 61.0 Å². The van der Waals surface area contributed by atoms with Crippen molar-refractivity contribution in [1.29, 1.82) is 0 Å². The van der Waals surface area contributed by atoms with E-state index in [0.29, 0.717) is 42.3 Å². The molecular formula is C25H30N6O4S. The summed E-state index contributed by atoms with van der Waals surface area (Å²) in [4.78, 5) is 40.6. The smallest absolute Gasteiger partial charge is 0.410 e. The molecule has 1 N–H and O–H groups in total. The maximum Gasteiger partial charge on any atom is 0.410 e. The number of amides is 2. The van der Waals surface area contributed by atoms with Gasteiger partial charge in [0.15, 0.2) is 0 Å². The van der Waals surface area contributed by atoms with E-state index in [1.54, 1.807) is 41.8 Å². The van der Waals surface area contributed by atoms with Gasteiger partial charge < -0.3 is 19.7 Å². The number of rotatable bonds is 6. The van der Waals surface area contributed by atoms with Gasteiger partial charge in [-0.05, 0) is 58.1 Å². The maximum absolute atomic E-state index is 13.0. The van der Waals surface area contributed by atoms with Gasteiger partial charge in [-0.25, -0.2) is 9.78 Å². The van der Waals surface area contributed by atoms with Crippen LogP contribution in [-0.2, 0) is 11.2 Å². The molecule has 1 unspecified atom stereocenters. The SMILES string of the molecule is Cc1nsc(Cc2cnccn2)c1C(=O)Nc1ccc(OC2CCCN(C(=O)OC(C)(C)C)C2)nc1. The van der Waals surface area contributed by atoms with Crippen LogP contribution in [0.4, 0.5) is 10.5 Å². The molecule has 1 aliphatic rings. The van der Waals surface area contributed by atoms with Crippen molar-refractivity contribution < 1.29 is 19.1 Å². The van der Waals surface area contributed by atoms with E-state index in [1.807, 2.05) is 27.7 Å². The van der Waals surface area contributed by atoms with Gasteiger partial charge in [-0.15, -0.1) is 0 Å². The Bertz CT molecular complexity index is 1190. The number of carbonyl (C=O) groups is 2. The minimum Gasteiger partial charge on any atom is -0.472 e. The number of nitrogens with zero attached hydrogens (tertiary/aromatic N) is 5. The van der Waals surface area contributed by atoms with E-state index in [4.69, 9.17) is 9.47 Å². The fraction of sp³-hybridized carbons (Fsp3) is 0.440. The van der Waals surface area contributed by atoms with Crippen LogP contribution in [0.15, 0.2) is 36.9 Å². The molecule has 1 aliphatic heterocycles. The fourth-order valence-electron chi connectivity index (χ4n) is 3.83. The van der Waals surface area contributed by atoms with E-state index in [0.717, 1.165) is 23.4 Å². The van der Waals surface area contributed by atoms with Gasteiger partial charge in [-0.2, -0.15) is 4.37 Å². The van der Waals surface area contributed by atoms with Crippen LogP contribution in [0.25, 0.3) is 0 Å². The summed E-state index contributed by atoms with van der Waals surface area (Å²) in [5, 5.41) is 2.89. The van der Waals surface area contributed by atoms with Crippen LogP contribution in [0.3, 0.4) is 0 Å². The molecule has 4 heterocycles. The summed E-state index contributed by atoms with van der Waals surface area (Å²) >= 11 is 1.29. The number of piperidine rings is 1. The molecule has 11 heteroatoms. The second-order valence-electron chi connectivity index (χ2n) is 9.59. The van der Waals surface area contributed by atoms with Gasteiger partial charge in [0.2, 0.25) is 5.88 Å². The monoisotopic (exact) mass is 510 g/mol. The number of hydrogen-bond acceptors (Lipinski definition) is 9. The largest absolute Gasteiger partial charge is 0.472 e. The summed E-state index contributed by atoms with van der Waals surface area (Å²) < 4.78 is 15.8. The van der Waals surface area contributed by atoms with Crippen LogP contribution in [0.2, 0.25) is 0 Å². The molecule has 36 heavy (non-hydrogen) atoms. The summed E-state index contributed by atoms with van der Waals surface area (Å²) in [7, 11) is 0. The third-order valence-corrected chi connectivity index (χ3v) is 6.36. The number of anilines is 1. The molecule has 0 radical (unpaired) electrons. The van der Waals surface area contributed by atoms with Crippen LogP contribution in [0.5, 0.6) is 5.88 Å². The predicted molar refractivity (Wildman–Crippen MR) is 135 cm³/mol. The number of aryl methyl sites for hydroxylation is 1. The Labute approximate surface area is 214 Å². The van der Waals surface area contributed by atoms with Gasteiger partial charge in [0.25, 0.3) is 5.91 Å². The van der Waals surface area contributed by atoms with E-state index in [9.17, 15) is 9.59 Å². The lowest BCUT2D eigenvalue weighted by Gasteiger charge is -2.33. The second-order valence-corrected chi connectivity index (χ2v) is 10.4. The van der Waals surface area contributed by atoms with Crippen LogP contribution >= 0.6 is 11.5 Å². The van der Waals surface area contributed by atoms with Gasteiger partial charge in [0, 0.05) is 42.5 Å². The summed E-state index contributed by atoms with van der Waals surface area (Å²) in [6.07, 6.45) is 8.08. The molecule has 0 bridgehead atoms. The Morgan fingerprint density at radius 2 is 2.03 bits per heavy atom. The summed E-state index contributed by atoms with van der Waals surface area (Å²) in [5.74, 6) is 0.177. The van der Waals surface area contributed by atoms with Gasteiger partial charge >= 0.3 is 6.09 Å². The van der Waals surface area contributed by atoms with Crippen molar-refractivity contribution >= 4 is 29.2 Å². The lowest BCUT2D eigenvalue weighted by Crippen LogP contribution is -2.46.